The molecule has 1 amide bonds. The van der Waals surface area contributed by atoms with Crippen molar-refractivity contribution in [2.75, 3.05) is 25.6 Å². The highest BCUT2D eigenvalue weighted by Crippen LogP contribution is 2.13. The maximum atomic E-state index is 13.0. The lowest BCUT2D eigenvalue weighted by Gasteiger charge is -2.22. The highest BCUT2D eigenvalue weighted by Gasteiger charge is 2.17. The van der Waals surface area contributed by atoms with E-state index in [2.05, 4.69) is 5.32 Å². The number of amides is 1. The Bertz CT molecular complexity index is 530. The largest absolute Gasteiger partial charge is 0.452 e. The van der Waals surface area contributed by atoms with Crippen LogP contribution in [0.15, 0.2) is 18.2 Å². The van der Waals surface area contributed by atoms with Crippen molar-refractivity contribution >= 4 is 17.6 Å². The Kier molecular flexibility index (Phi) is 5.10. The lowest BCUT2D eigenvalue weighted by molar-refractivity contribution is -0.125. The first-order valence-electron chi connectivity index (χ1n) is 6.65. The van der Waals surface area contributed by atoms with Crippen LogP contribution in [0.2, 0.25) is 0 Å². The van der Waals surface area contributed by atoms with Gasteiger partial charge in [0, 0.05) is 19.3 Å². The van der Waals surface area contributed by atoms with Gasteiger partial charge in [-0.05, 0) is 31.0 Å². The lowest BCUT2D eigenvalue weighted by atomic mass is 10.1. The zero-order valence-corrected chi connectivity index (χ0v) is 11.4. The van der Waals surface area contributed by atoms with Gasteiger partial charge >= 0.3 is 5.97 Å². The van der Waals surface area contributed by atoms with Crippen LogP contribution in [0.1, 0.15) is 23.2 Å². The molecule has 6 nitrogen and oxygen atoms in total. The third-order valence-electron chi connectivity index (χ3n) is 3.15. The third kappa shape index (κ3) is 4.42. The molecule has 0 saturated carbocycles. The summed E-state index contributed by atoms with van der Waals surface area (Å²) in [6.07, 6.45) is 1.49. The van der Waals surface area contributed by atoms with Gasteiger partial charge in [-0.2, -0.15) is 0 Å². The molecule has 0 spiro atoms. The monoisotopic (exact) mass is 296 g/mol. The number of rotatable bonds is 4. The number of carbonyl (C=O) groups is 2. The standard InChI is InChI=1S/C14H17FN2O4/c15-11-2-1-9(7-12(11)16)14(19)21-8-13(18)17-10-3-5-20-6-4-10/h1-2,7,10H,3-6,8,16H2,(H,17,18). The summed E-state index contributed by atoms with van der Waals surface area (Å²) in [6.45, 7) is 0.840. The van der Waals surface area contributed by atoms with Gasteiger partial charge in [0.05, 0.1) is 11.3 Å². The summed E-state index contributed by atoms with van der Waals surface area (Å²) in [5, 5.41) is 2.77. The van der Waals surface area contributed by atoms with Gasteiger partial charge in [0.15, 0.2) is 6.61 Å². The molecule has 1 saturated heterocycles. The van der Waals surface area contributed by atoms with Crippen LogP contribution in [0.5, 0.6) is 0 Å². The molecule has 0 bridgehead atoms. The molecule has 1 fully saturated rings. The first kappa shape index (κ1) is 15.2. The van der Waals surface area contributed by atoms with Crippen molar-refractivity contribution in [2.45, 2.75) is 18.9 Å². The van der Waals surface area contributed by atoms with Crippen LogP contribution in [0.25, 0.3) is 0 Å². The Morgan fingerprint density at radius 2 is 2.10 bits per heavy atom. The predicted molar refractivity (Wildman–Crippen MR) is 73.1 cm³/mol. The Morgan fingerprint density at radius 1 is 1.38 bits per heavy atom. The first-order chi connectivity index (χ1) is 10.1. The average Bonchev–Trinajstić information content (AvgIpc) is 2.48. The van der Waals surface area contributed by atoms with E-state index >= 15 is 0 Å². The number of esters is 1. The smallest absolute Gasteiger partial charge is 0.338 e. The zero-order chi connectivity index (χ0) is 15.2. The number of hydrogen-bond donors (Lipinski definition) is 2. The van der Waals surface area contributed by atoms with Gasteiger partial charge in [-0.1, -0.05) is 0 Å². The van der Waals surface area contributed by atoms with E-state index in [9.17, 15) is 14.0 Å². The van der Waals surface area contributed by atoms with Crippen LogP contribution < -0.4 is 11.1 Å². The summed E-state index contributed by atoms with van der Waals surface area (Å²) in [7, 11) is 0. The number of ether oxygens (including phenoxy) is 2. The van der Waals surface area contributed by atoms with Gasteiger partial charge in [-0.25, -0.2) is 9.18 Å². The van der Waals surface area contributed by atoms with E-state index in [1.807, 2.05) is 0 Å². The number of carbonyl (C=O) groups excluding carboxylic acids is 2. The van der Waals surface area contributed by atoms with E-state index in [1.165, 1.54) is 12.1 Å². The van der Waals surface area contributed by atoms with Crippen molar-refractivity contribution in [3.63, 3.8) is 0 Å². The van der Waals surface area contributed by atoms with Crippen molar-refractivity contribution in [2.24, 2.45) is 0 Å². The summed E-state index contributed by atoms with van der Waals surface area (Å²) in [5.74, 6) is -1.70. The molecule has 0 aliphatic carbocycles. The topological polar surface area (TPSA) is 90.7 Å². The van der Waals surface area contributed by atoms with Gasteiger partial charge in [-0.3, -0.25) is 4.79 Å². The Labute approximate surface area is 121 Å². The summed E-state index contributed by atoms with van der Waals surface area (Å²) >= 11 is 0. The molecule has 3 N–H and O–H groups in total. The number of nitrogens with two attached hydrogens (primary N) is 1. The Balaban J connectivity index is 1.80. The van der Waals surface area contributed by atoms with E-state index < -0.39 is 11.8 Å². The SMILES string of the molecule is Nc1cc(C(=O)OCC(=O)NC2CCOCC2)ccc1F. The minimum absolute atomic E-state index is 0.0476. The molecule has 0 unspecified atom stereocenters. The van der Waals surface area contributed by atoms with Crippen LogP contribution in [0, 0.1) is 5.82 Å². The molecule has 0 radical (unpaired) electrons. The minimum Gasteiger partial charge on any atom is -0.452 e. The summed E-state index contributed by atoms with van der Waals surface area (Å²) < 4.78 is 23.0. The Morgan fingerprint density at radius 3 is 2.76 bits per heavy atom. The molecule has 0 aromatic heterocycles. The van der Waals surface area contributed by atoms with Crippen LogP contribution in [-0.4, -0.2) is 37.7 Å². The number of nitrogens with one attached hydrogen (secondary N) is 1. The van der Waals surface area contributed by atoms with Crippen LogP contribution in [-0.2, 0) is 14.3 Å². The second kappa shape index (κ2) is 7.03. The molecule has 2 rings (SSSR count). The fourth-order valence-corrected chi connectivity index (χ4v) is 2.00. The van der Waals surface area contributed by atoms with E-state index in [0.717, 1.165) is 18.9 Å². The van der Waals surface area contributed by atoms with E-state index in [4.69, 9.17) is 15.2 Å². The van der Waals surface area contributed by atoms with E-state index in [1.54, 1.807) is 0 Å². The number of nitrogen functional groups attached to an aromatic ring is 1. The quantitative estimate of drug-likeness (QED) is 0.635. The second-order valence-electron chi connectivity index (χ2n) is 4.77. The maximum absolute atomic E-state index is 13.0. The predicted octanol–water partition coefficient (Wildman–Crippen LogP) is 0.860. The lowest BCUT2D eigenvalue weighted by Crippen LogP contribution is -2.41. The molecular formula is C14H17FN2O4. The number of halogens is 1. The Hall–Kier alpha value is -2.15. The molecule has 1 aromatic rings. The average molecular weight is 296 g/mol. The molecule has 1 heterocycles. The van der Waals surface area contributed by atoms with Crippen LogP contribution in [0.3, 0.4) is 0 Å². The number of benzene rings is 1. The minimum atomic E-state index is -0.719. The van der Waals surface area contributed by atoms with E-state index in [-0.39, 0.29) is 29.8 Å². The first-order valence-corrected chi connectivity index (χ1v) is 6.65. The molecule has 7 heteroatoms. The highest BCUT2D eigenvalue weighted by atomic mass is 19.1. The van der Waals surface area contributed by atoms with Gasteiger partial charge < -0.3 is 20.5 Å². The molecular weight excluding hydrogens is 279 g/mol. The van der Waals surface area contributed by atoms with Crippen LogP contribution in [0.4, 0.5) is 10.1 Å². The van der Waals surface area contributed by atoms with Gasteiger partial charge in [0.25, 0.3) is 5.91 Å². The summed E-state index contributed by atoms with van der Waals surface area (Å²) in [6, 6.07) is 3.55. The number of hydrogen-bond acceptors (Lipinski definition) is 5. The van der Waals surface area contributed by atoms with Gasteiger partial charge in [0.2, 0.25) is 0 Å². The number of anilines is 1. The second-order valence-corrected chi connectivity index (χ2v) is 4.77. The normalized spacial score (nSPS) is 15.5. The highest BCUT2D eigenvalue weighted by molar-refractivity contribution is 5.92. The fourth-order valence-electron chi connectivity index (χ4n) is 2.00. The van der Waals surface area contributed by atoms with Crippen molar-refractivity contribution in [1.29, 1.82) is 0 Å². The molecule has 1 aliphatic heterocycles. The zero-order valence-electron chi connectivity index (χ0n) is 11.4. The molecule has 0 atom stereocenters. The van der Waals surface area contributed by atoms with Gasteiger partial charge in [-0.15, -0.1) is 0 Å². The van der Waals surface area contributed by atoms with Gasteiger partial charge in [0.1, 0.15) is 5.82 Å². The van der Waals surface area contributed by atoms with Crippen molar-refractivity contribution in [1.82, 2.24) is 5.32 Å². The third-order valence-corrected chi connectivity index (χ3v) is 3.15. The van der Waals surface area contributed by atoms with Crippen LogP contribution >= 0.6 is 0 Å². The fraction of sp³-hybridized carbons (Fsp3) is 0.429. The van der Waals surface area contributed by atoms with Crippen molar-refractivity contribution in [3.05, 3.63) is 29.6 Å². The summed E-state index contributed by atoms with van der Waals surface area (Å²) in [5.41, 5.74) is 5.33. The van der Waals surface area contributed by atoms with E-state index in [0.29, 0.717) is 13.2 Å². The molecule has 114 valence electrons. The molecule has 1 aromatic carbocycles. The molecule has 21 heavy (non-hydrogen) atoms. The van der Waals surface area contributed by atoms with Crippen molar-refractivity contribution in [3.8, 4) is 0 Å². The maximum Gasteiger partial charge on any atom is 0.338 e. The summed E-state index contributed by atoms with van der Waals surface area (Å²) in [4.78, 5) is 23.4. The van der Waals surface area contributed by atoms with Crippen molar-refractivity contribution < 1.29 is 23.5 Å². The molecule has 1 aliphatic rings.